The number of nitrogens with zero attached hydrogens (tertiary/aromatic N) is 5. The lowest BCUT2D eigenvalue weighted by molar-refractivity contribution is 0.102. The number of fused-ring (bicyclic) bond motifs is 2. The Kier molecular flexibility index (Phi) is 4.98. The molecule has 0 radical (unpaired) electrons. The van der Waals surface area contributed by atoms with Crippen molar-refractivity contribution < 1.29 is 9.53 Å². The smallest absolute Gasteiger partial charge is 0.259 e. The van der Waals surface area contributed by atoms with Gasteiger partial charge in [0.25, 0.3) is 5.91 Å². The van der Waals surface area contributed by atoms with E-state index in [9.17, 15) is 4.79 Å². The summed E-state index contributed by atoms with van der Waals surface area (Å²) in [5.41, 5.74) is 2.80. The van der Waals surface area contributed by atoms with Crippen LogP contribution in [0.15, 0.2) is 43.1 Å². The normalized spacial score (nSPS) is 20.9. The molecule has 9 nitrogen and oxygen atoms in total. The Hall–Kier alpha value is -3.46. The summed E-state index contributed by atoms with van der Waals surface area (Å²) in [7, 11) is 2.03. The van der Waals surface area contributed by atoms with Gasteiger partial charge >= 0.3 is 0 Å². The van der Waals surface area contributed by atoms with E-state index in [0.29, 0.717) is 29.1 Å². The lowest BCUT2D eigenvalue weighted by Gasteiger charge is -2.28. The number of benzene rings is 1. The average molecular weight is 446 g/mol. The van der Waals surface area contributed by atoms with E-state index in [0.717, 1.165) is 54.9 Å². The van der Waals surface area contributed by atoms with Crippen molar-refractivity contribution in [1.82, 2.24) is 29.7 Å². The predicted octanol–water partition coefficient (Wildman–Crippen LogP) is 3.58. The lowest BCUT2D eigenvalue weighted by Crippen LogP contribution is -2.31. The number of ether oxygens (including phenoxy) is 1. The Bertz CT molecular complexity index is 1320. The molecule has 0 bridgehead atoms. The Morgan fingerprint density at radius 3 is 2.79 bits per heavy atom. The van der Waals surface area contributed by atoms with Gasteiger partial charge in [0.1, 0.15) is 12.1 Å². The molecule has 33 heavy (non-hydrogen) atoms. The van der Waals surface area contributed by atoms with E-state index in [-0.39, 0.29) is 12.0 Å². The van der Waals surface area contributed by atoms with Crippen molar-refractivity contribution in [3.05, 3.63) is 48.7 Å². The molecule has 1 aromatic carbocycles. The molecule has 0 unspecified atom stereocenters. The molecule has 2 aliphatic rings. The van der Waals surface area contributed by atoms with Crippen LogP contribution < -0.4 is 15.4 Å². The predicted molar refractivity (Wildman–Crippen MR) is 125 cm³/mol. The van der Waals surface area contributed by atoms with Crippen LogP contribution in [0.2, 0.25) is 0 Å². The summed E-state index contributed by atoms with van der Waals surface area (Å²) in [5.74, 6) is 0.367. The van der Waals surface area contributed by atoms with E-state index in [1.54, 1.807) is 23.2 Å². The Labute approximate surface area is 191 Å². The molecule has 2 saturated carbocycles. The zero-order valence-corrected chi connectivity index (χ0v) is 18.6. The van der Waals surface area contributed by atoms with Crippen molar-refractivity contribution in [3.63, 3.8) is 0 Å². The molecule has 2 N–H and O–H groups in total. The highest BCUT2D eigenvalue weighted by molar-refractivity contribution is 6.09. The number of anilines is 1. The van der Waals surface area contributed by atoms with Gasteiger partial charge in [0.2, 0.25) is 0 Å². The van der Waals surface area contributed by atoms with Crippen molar-refractivity contribution >= 4 is 28.0 Å². The average Bonchev–Trinajstić information content (AvgIpc) is 3.42. The topological polar surface area (TPSA) is 98.4 Å². The molecule has 0 aliphatic heterocycles. The van der Waals surface area contributed by atoms with Gasteiger partial charge < -0.3 is 15.4 Å². The molecule has 2 fully saturated rings. The van der Waals surface area contributed by atoms with Gasteiger partial charge in [-0.2, -0.15) is 10.2 Å². The van der Waals surface area contributed by atoms with Crippen molar-refractivity contribution in [2.24, 2.45) is 0 Å². The minimum Gasteiger partial charge on any atom is -0.490 e. The summed E-state index contributed by atoms with van der Waals surface area (Å²) in [6.45, 7) is 0. The first-order valence-electron chi connectivity index (χ1n) is 11.6. The van der Waals surface area contributed by atoms with Crippen LogP contribution in [0.3, 0.4) is 0 Å². The lowest BCUT2D eigenvalue weighted by atomic mass is 9.91. The fourth-order valence-corrected chi connectivity index (χ4v) is 4.66. The summed E-state index contributed by atoms with van der Waals surface area (Å²) in [6, 6.07) is 6.62. The molecule has 1 amide bonds. The van der Waals surface area contributed by atoms with E-state index >= 15 is 0 Å². The van der Waals surface area contributed by atoms with Crippen LogP contribution in [0.4, 0.5) is 5.69 Å². The van der Waals surface area contributed by atoms with Gasteiger partial charge in [-0.1, -0.05) is 0 Å². The molecule has 170 valence electrons. The van der Waals surface area contributed by atoms with Crippen LogP contribution in [-0.2, 0) is 0 Å². The number of rotatable bonds is 6. The zero-order valence-electron chi connectivity index (χ0n) is 18.6. The van der Waals surface area contributed by atoms with E-state index in [4.69, 9.17) is 9.84 Å². The maximum atomic E-state index is 13.3. The maximum absolute atomic E-state index is 13.3. The fourth-order valence-electron chi connectivity index (χ4n) is 4.66. The number of hydrogen-bond donors (Lipinski definition) is 2. The van der Waals surface area contributed by atoms with Crippen LogP contribution >= 0.6 is 0 Å². The minimum absolute atomic E-state index is 0.177. The van der Waals surface area contributed by atoms with Crippen molar-refractivity contribution in [2.75, 3.05) is 12.4 Å². The number of carbonyl (C=O) groups excluding carboxylic acids is 1. The van der Waals surface area contributed by atoms with Crippen LogP contribution in [0.1, 0.15) is 54.9 Å². The standard InChI is InChI=1S/C24H27N7O2/c1-25-16-2-4-17(5-3-16)30-13-15-10-19(23(11-20(15)29-30)33-18-6-7-18)24(32)28-21-12-27-31-14-26-9-8-22(21)31/h8-14,16-18,25H,2-7H2,1H3,(H,28,32). The fraction of sp³-hybridized carbons (Fsp3) is 0.417. The van der Waals surface area contributed by atoms with Gasteiger partial charge in [0.15, 0.2) is 0 Å². The third-order valence-electron chi connectivity index (χ3n) is 6.74. The molecule has 0 atom stereocenters. The summed E-state index contributed by atoms with van der Waals surface area (Å²) in [6.07, 6.45) is 13.7. The highest BCUT2D eigenvalue weighted by atomic mass is 16.5. The third-order valence-corrected chi connectivity index (χ3v) is 6.74. The first kappa shape index (κ1) is 20.2. The highest BCUT2D eigenvalue weighted by Crippen LogP contribution is 2.34. The number of nitrogens with one attached hydrogen (secondary N) is 2. The molecule has 0 saturated heterocycles. The van der Waals surface area contributed by atoms with Gasteiger partial charge in [-0.25, -0.2) is 9.50 Å². The van der Waals surface area contributed by atoms with Crippen molar-refractivity contribution in [3.8, 4) is 5.75 Å². The monoisotopic (exact) mass is 445 g/mol. The van der Waals surface area contributed by atoms with Crippen molar-refractivity contribution in [1.29, 1.82) is 0 Å². The second-order valence-corrected chi connectivity index (χ2v) is 9.05. The van der Waals surface area contributed by atoms with Gasteiger partial charge in [0, 0.05) is 29.9 Å². The van der Waals surface area contributed by atoms with E-state index in [1.807, 2.05) is 25.2 Å². The molecular weight excluding hydrogens is 418 g/mol. The molecule has 2 aliphatic carbocycles. The molecule has 4 aromatic rings. The molecule has 9 heteroatoms. The molecular formula is C24H27N7O2. The van der Waals surface area contributed by atoms with Crippen LogP contribution in [0.25, 0.3) is 16.4 Å². The summed E-state index contributed by atoms with van der Waals surface area (Å²) in [4.78, 5) is 17.4. The van der Waals surface area contributed by atoms with Gasteiger partial charge in [-0.3, -0.25) is 9.48 Å². The number of amides is 1. The molecule has 3 aromatic heterocycles. The highest BCUT2D eigenvalue weighted by Gasteiger charge is 2.28. The first-order valence-corrected chi connectivity index (χ1v) is 11.6. The maximum Gasteiger partial charge on any atom is 0.259 e. The van der Waals surface area contributed by atoms with E-state index < -0.39 is 0 Å². The van der Waals surface area contributed by atoms with Crippen LogP contribution in [0.5, 0.6) is 5.75 Å². The number of hydrogen-bond acceptors (Lipinski definition) is 6. The SMILES string of the molecule is CNC1CCC(n2cc3cc(C(=O)Nc4cnn5cnccc45)c(OC4CC4)cc3n2)CC1. The largest absolute Gasteiger partial charge is 0.490 e. The second-order valence-electron chi connectivity index (χ2n) is 9.05. The molecule has 0 spiro atoms. The van der Waals surface area contributed by atoms with Crippen LogP contribution in [-0.4, -0.2) is 49.5 Å². The third kappa shape index (κ3) is 3.93. The summed E-state index contributed by atoms with van der Waals surface area (Å²) < 4.78 is 9.84. The van der Waals surface area contributed by atoms with Crippen molar-refractivity contribution in [2.45, 2.75) is 56.7 Å². The zero-order chi connectivity index (χ0) is 22.4. The van der Waals surface area contributed by atoms with Gasteiger partial charge in [-0.05, 0) is 57.7 Å². The quantitative estimate of drug-likeness (QED) is 0.471. The minimum atomic E-state index is -0.221. The second kappa shape index (κ2) is 8.15. The number of aromatic nitrogens is 5. The van der Waals surface area contributed by atoms with Crippen LogP contribution in [0, 0.1) is 0 Å². The first-order chi connectivity index (χ1) is 16.2. The Balaban J connectivity index is 1.31. The molecule has 3 heterocycles. The van der Waals surface area contributed by atoms with E-state index in [2.05, 4.69) is 31.6 Å². The van der Waals surface area contributed by atoms with Gasteiger partial charge in [0.05, 0.1) is 40.6 Å². The van der Waals surface area contributed by atoms with E-state index in [1.165, 1.54) is 0 Å². The Morgan fingerprint density at radius 2 is 2.00 bits per heavy atom. The Morgan fingerprint density at radius 1 is 1.15 bits per heavy atom. The van der Waals surface area contributed by atoms with Gasteiger partial charge in [-0.15, -0.1) is 0 Å². The summed E-state index contributed by atoms with van der Waals surface area (Å²) in [5, 5.41) is 16.4. The number of carbonyl (C=O) groups is 1. The molecule has 6 rings (SSSR count). The summed E-state index contributed by atoms with van der Waals surface area (Å²) >= 11 is 0.